The molecule has 0 spiro atoms. The van der Waals surface area contributed by atoms with Crippen molar-refractivity contribution >= 4 is 33.2 Å². The quantitative estimate of drug-likeness (QED) is 0.912. The van der Waals surface area contributed by atoms with Crippen molar-refractivity contribution in [3.63, 3.8) is 0 Å². The molecule has 0 atom stereocenters. The maximum absolute atomic E-state index is 12.2. The minimum Gasteiger partial charge on any atom is -0.396 e. The number of aryl methyl sites for hydroxylation is 2. The molecule has 0 fully saturated rings. The van der Waals surface area contributed by atoms with Gasteiger partial charge < -0.3 is 11.1 Å². The summed E-state index contributed by atoms with van der Waals surface area (Å²) < 4.78 is 2.41. The van der Waals surface area contributed by atoms with Crippen LogP contribution < -0.4 is 11.1 Å². The van der Waals surface area contributed by atoms with Crippen molar-refractivity contribution in [2.24, 2.45) is 0 Å². The van der Waals surface area contributed by atoms with Gasteiger partial charge in [-0.2, -0.15) is 5.10 Å². The zero-order valence-corrected chi connectivity index (χ0v) is 12.4. The number of aromatic nitrogens is 2. The molecule has 1 amide bonds. The Morgan fingerprint density at radius 2 is 2.26 bits per heavy atom. The highest BCUT2D eigenvalue weighted by Crippen LogP contribution is 2.24. The van der Waals surface area contributed by atoms with Gasteiger partial charge in [0.25, 0.3) is 5.91 Å². The van der Waals surface area contributed by atoms with Crippen molar-refractivity contribution in [2.45, 2.75) is 20.4 Å². The fourth-order valence-electron chi connectivity index (χ4n) is 1.79. The fourth-order valence-corrected chi connectivity index (χ4v) is 2.38. The summed E-state index contributed by atoms with van der Waals surface area (Å²) in [7, 11) is 0. The summed E-state index contributed by atoms with van der Waals surface area (Å²) in [6, 6.07) is 5.72. The zero-order valence-electron chi connectivity index (χ0n) is 10.8. The molecule has 6 heteroatoms. The van der Waals surface area contributed by atoms with Crippen LogP contribution in [0.25, 0.3) is 0 Å². The molecule has 0 radical (unpaired) electrons. The Labute approximate surface area is 119 Å². The van der Waals surface area contributed by atoms with E-state index in [0.717, 1.165) is 10.0 Å². The lowest BCUT2D eigenvalue weighted by molar-refractivity contribution is 0.101. The molecule has 2 aromatic rings. The molecule has 100 valence electrons. The Balaban J connectivity index is 2.28. The molecule has 0 saturated heterocycles. The maximum Gasteiger partial charge on any atom is 0.276 e. The fraction of sp³-hybridized carbons (Fsp3) is 0.231. The van der Waals surface area contributed by atoms with Crippen molar-refractivity contribution in [1.29, 1.82) is 0 Å². The van der Waals surface area contributed by atoms with Gasteiger partial charge in [-0.25, -0.2) is 0 Å². The SMILES string of the molecule is CCn1ncc(N)c1C(=O)Nc1ccc(C)cc1Br. The predicted octanol–water partition coefficient (Wildman–Crippen LogP) is 2.81. The van der Waals surface area contributed by atoms with Gasteiger partial charge in [-0.3, -0.25) is 9.48 Å². The zero-order chi connectivity index (χ0) is 14.0. The van der Waals surface area contributed by atoms with Gasteiger partial charge in [-0.15, -0.1) is 0 Å². The van der Waals surface area contributed by atoms with E-state index in [1.807, 2.05) is 32.0 Å². The number of hydrogen-bond donors (Lipinski definition) is 2. The van der Waals surface area contributed by atoms with Gasteiger partial charge in [0.1, 0.15) is 5.69 Å². The molecule has 5 nitrogen and oxygen atoms in total. The van der Waals surface area contributed by atoms with Gasteiger partial charge in [-0.1, -0.05) is 6.07 Å². The molecule has 19 heavy (non-hydrogen) atoms. The molecule has 1 aromatic heterocycles. The molecule has 0 bridgehead atoms. The summed E-state index contributed by atoms with van der Waals surface area (Å²) in [6.45, 7) is 4.49. The summed E-state index contributed by atoms with van der Waals surface area (Å²) >= 11 is 3.42. The number of carbonyl (C=O) groups excluding carboxylic acids is 1. The Morgan fingerprint density at radius 3 is 2.89 bits per heavy atom. The molecule has 0 aliphatic rings. The van der Waals surface area contributed by atoms with Crippen LogP contribution in [0.5, 0.6) is 0 Å². The molecular formula is C13H15BrN4O. The Kier molecular flexibility index (Phi) is 3.90. The number of amides is 1. The molecule has 3 N–H and O–H groups in total. The monoisotopic (exact) mass is 322 g/mol. The topological polar surface area (TPSA) is 72.9 Å². The molecule has 0 aliphatic carbocycles. The van der Waals surface area contributed by atoms with E-state index in [4.69, 9.17) is 5.73 Å². The molecule has 1 heterocycles. The summed E-state index contributed by atoms with van der Waals surface area (Å²) in [5, 5.41) is 6.88. The van der Waals surface area contributed by atoms with Crippen LogP contribution in [0.4, 0.5) is 11.4 Å². The van der Waals surface area contributed by atoms with E-state index in [9.17, 15) is 4.79 Å². The molecule has 0 saturated carbocycles. The minimum atomic E-state index is -0.263. The second-order valence-electron chi connectivity index (χ2n) is 4.20. The van der Waals surface area contributed by atoms with Crippen molar-refractivity contribution in [1.82, 2.24) is 9.78 Å². The molecule has 2 rings (SSSR count). The normalized spacial score (nSPS) is 10.5. The van der Waals surface area contributed by atoms with Crippen LogP contribution in [0.3, 0.4) is 0 Å². The Morgan fingerprint density at radius 1 is 1.53 bits per heavy atom. The maximum atomic E-state index is 12.2. The van der Waals surface area contributed by atoms with Crippen LogP contribution in [-0.2, 0) is 6.54 Å². The van der Waals surface area contributed by atoms with E-state index in [1.165, 1.54) is 6.20 Å². The Bertz CT molecular complexity index is 621. The van der Waals surface area contributed by atoms with Crippen LogP contribution in [0.2, 0.25) is 0 Å². The number of nitrogen functional groups attached to an aromatic ring is 1. The van der Waals surface area contributed by atoms with E-state index in [2.05, 4.69) is 26.3 Å². The minimum absolute atomic E-state index is 0.263. The first-order valence-electron chi connectivity index (χ1n) is 5.91. The highest BCUT2D eigenvalue weighted by atomic mass is 79.9. The second kappa shape index (κ2) is 5.44. The first kappa shape index (κ1) is 13.6. The number of hydrogen-bond acceptors (Lipinski definition) is 3. The van der Waals surface area contributed by atoms with E-state index in [0.29, 0.717) is 23.6 Å². The number of carbonyl (C=O) groups is 1. The van der Waals surface area contributed by atoms with E-state index in [-0.39, 0.29) is 5.91 Å². The van der Waals surface area contributed by atoms with E-state index >= 15 is 0 Å². The third-order valence-corrected chi connectivity index (χ3v) is 3.41. The van der Waals surface area contributed by atoms with Crippen molar-refractivity contribution in [3.8, 4) is 0 Å². The summed E-state index contributed by atoms with van der Waals surface area (Å²) in [5.74, 6) is -0.263. The summed E-state index contributed by atoms with van der Waals surface area (Å²) in [4.78, 5) is 12.2. The van der Waals surface area contributed by atoms with Crippen molar-refractivity contribution in [3.05, 3.63) is 40.1 Å². The standard InChI is InChI=1S/C13H15BrN4O/c1-3-18-12(10(15)7-16-18)13(19)17-11-5-4-8(2)6-9(11)14/h4-7H,3,15H2,1-2H3,(H,17,19). The average molecular weight is 323 g/mol. The van der Waals surface area contributed by atoms with E-state index in [1.54, 1.807) is 4.68 Å². The van der Waals surface area contributed by atoms with Gasteiger partial charge in [0, 0.05) is 11.0 Å². The van der Waals surface area contributed by atoms with Crippen LogP contribution in [-0.4, -0.2) is 15.7 Å². The lowest BCUT2D eigenvalue weighted by atomic mass is 10.2. The molecule has 0 unspecified atom stereocenters. The first-order chi connectivity index (χ1) is 9.02. The lowest BCUT2D eigenvalue weighted by Crippen LogP contribution is -2.19. The van der Waals surface area contributed by atoms with Crippen LogP contribution in [0.1, 0.15) is 23.0 Å². The van der Waals surface area contributed by atoms with Gasteiger partial charge >= 0.3 is 0 Å². The summed E-state index contributed by atoms with van der Waals surface area (Å²) in [5.41, 5.74) is 8.36. The molecule has 0 aliphatic heterocycles. The summed E-state index contributed by atoms with van der Waals surface area (Å²) in [6.07, 6.45) is 1.49. The van der Waals surface area contributed by atoms with Gasteiger partial charge in [-0.05, 0) is 47.5 Å². The number of nitrogens with zero attached hydrogens (tertiary/aromatic N) is 2. The highest BCUT2D eigenvalue weighted by molar-refractivity contribution is 9.10. The predicted molar refractivity (Wildman–Crippen MR) is 79.1 cm³/mol. The number of halogens is 1. The van der Waals surface area contributed by atoms with Crippen LogP contribution in [0.15, 0.2) is 28.9 Å². The molecular weight excluding hydrogens is 308 g/mol. The molecule has 1 aromatic carbocycles. The highest BCUT2D eigenvalue weighted by Gasteiger charge is 2.17. The first-order valence-corrected chi connectivity index (χ1v) is 6.71. The van der Waals surface area contributed by atoms with Crippen molar-refractivity contribution < 1.29 is 4.79 Å². The number of rotatable bonds is 3. The van der Waals surface area contributed by atoms with Crippen LogP contribution >= 0.6 is 15.9 Å². The Hall–Kier alpha value is -1.82. The van der Waals surface area contributed by atoms with Gasteiger partial charge in [0.15, 0.2) is 0 Å². The number of nitrogens with two attached hydrogens (primary N) is 1. The van der Waals surface area contributed by atoms with Crippen LogP contribution in [0, 0.1) is 6.92 Å². The average Bonchev–Trinajstić information content (AvgIpc) is 2.74. The van der Waals surface area contributed by atoms with Crippen molar-refractivity contribution in [2.75, 3.05) is 11.1 Å². The van der Waals surface area contributed by atoms with E-state index < -0.39 is 0 Å². The largest absolute Gasteiger partial charge is 0.396 e. The number of benzene rings is 1. The lowest BCUT2D eigenvalue weighted by Gasteiger charge is -2.09. The number of nitrogens with one attached hydrogen (secondary N) is 1. The third-order valence-electron chi connectivity index (χ3n) is 2.76. The second-order valence-corrected chi connectivity index (χ2v) is 5.06. The van der Waals surface area contributed by atoms with Gasteiger partial charge in [0.2, 0.25) is 0 Å². The van der Waals surface area contributed by atoms with Gasteiger partial charge in [0.05, 0.1) is 17.6 Å². The third kappa shape index (κ3) is 2.78. The number of anilines is 2. The smallest absolute Gasteiger partial charge is 0.276 e.